The molecule has 0 aromatic heterocycles. The molecule has 86 valence electrons. The Bertz CT molecular complexity index is 407. The smallest absolute Gasteiger partial charge is 0.310 e. The predicted molar refractivity (Wildman–Crippen MR) is 60.5 cm³/mol. The monoisotopic (exact) mass is 220 g/mol. The molecule has 1 aromatic rings. The summed E-state index contributed by atoms with van der Waals surface area (Å²) in [5, 5.41) is 18.5. The van der Waals surface area contributed by atoms with Crippen LogP contribution < -0.4 is 0 Å². The van der Waals surface area contributed by atoms with Crippen molar-refractivity contribution in [3.8, 4) is 0 Å². The zero-order valence-corrected chi connectivity index (χ0v) is 9.31. The highest BCUT2D eigenvalue weighted by molar-refractivity contribution is 5.76. The number of aliphatic carboxylic acids is 1. The first-order valence-electron chi connectivity index (χ1n) is 5.54. The van der Waals surface area contributed by atoms with Crippen molar-refractivity contribution in [1.82, 2.24) is 0 Å². The second-order valence-corrected chi connectivity index (χ2v) is 4.59. The van der Waals surface area contributed by atoms with Crippen molar-refractivity contribution in [3.05, 3.63) is 35.4 Å². The van der Waals surface area contributed by atoms with Crippen molar-refractivity contribution in [3.63, 3.8) is 0 Å². The Labute approximate surface area is 94.7 Å². The van der Waals surface area contributed by atoms with E-state index >= 15 is 0 Å². The van der Waals surface area contributed by atoms with Crippen LogP contribution in [0.25, 0.3) is 0 Å². The fourth-order valence-corrected chi connectivity index (χ4v) is 2.15. The van der Waals surface area contributed by atoms with Crippen molar-refractivity contribution in [2.24, 2.45) is 0 Å². The van der Waals surface area contributed by atoms with Crippen LogP contribution in [-0.2, 0) is 10.2 Å². The maximum atomic E-state index is 11.0. The number of carboxylic acid groups (broad SMARTS) is 1. The highest BCUT2D eigenvalue weighted by Gasteiger charge is 2.45. The van der Waals surface area contributed by atoms with Crippen LogP contribution in [0.1, 0.15) is 36.8 Å². The van der Waals surface area contributed by atoms with Crippen LogP contribution in [0.4, 0.5) is 0 Å². The fourth-order valence-electron chi connectivity index (χ4n) is 2.15. The topological polar surface area (TPSA) is 57.5 Å². The van der Waals surface area contributed by atoms with Crippen molar-refractivity contribution < 1.29 is 15.0 Å². The van der Waals surface area contributed by atoms with Gasteiger partial charge < -0.3 is 10.2 Å². The van der Waals surface area contributed by atoms with Crippen molar-refractivity contribution in [2.75, 3.05) is 6.61 Å². The molecule has 0 aliphatic heterocycles. The van der Waals surface area contributed by atoms with E-state index in [0.717, 1.165) is 24.0 Å². The summed E-state index contributed by atoms with van der Waals surface area (Å²) in [6.07, 6.45) is 1.90. The molecule has 1 aliphatic rings. The molecule has 0 saturated heterocycles. The minimum atomic E-state index is -0.818. The number of hydrogen-bond donors (Lipinski definition) is 2. The SMILES string of the molecule is CC(C(=O)O)c1ccccc1C1(CO)CC1. The van der Waals surface area contributed by atoms with E-state index in [2.05, 4.69) is 0 Å². The van der Waals surface area contributed by atoms with Crippen LogP contribution in [0.5, 0.6) is 0 Å². The quantitative estimate of drug-likeness (QED) is 0.814. The van der Waals surface area contributed by atoms with Crippen molar-refractivity contribution in [1.29, 1.82) is 0 Å². The molecule has 2 rings (SSSR count). The molecule has 1 aromatic carbocycles. The predicted octanol–water partition coefficient (Wildman–Crippen LogP) is 1.90. The minimum absolute atomic E-state index is 0.107. The number of carbonyl (C=O) groups is 1. The largest absolute Gasteiger partial charge is 0.481 e. The lowest BCUT2D eigenvalue weighted by Gasteiger charge is -2.19. The number of carboxylic acids is 1. The summed E-state index contributed by atoms with van der Waals surface area (Å²) in [6.45, 7) is 1.80. The highest BCUT2D eigenvalue weighted by atomic mass is 16.4. The van der Waals surface area contributed by atoms with Gasteiger partial charge in [0.05, 0.1) is 12.5 Å². The van der Waals surface area contributed by atoms with Gasteiger partial charge in [-0.25, -0.2) is 0 Å². The Morgan fingerprint density at radius 2 is 2.06 bits per heavy atom. The summed E-state index contributed by atoms with van der Waals surface area (Å²) in [7, 11) is 0. The molecule has 2 N–H and O–H groups in total. The normalized spacial score (nSPS) is 19.1. The molecule has 0 bridgehead atoms. The van der Waals surface area contributed by atoms with Gasteiger partial charge in [-0.1, -0.05) is 24.3 Å². The van der Waals surface area contributed by atoms with Crippen molar-refractivity contribution in [2.45, 2.75) is 31.1 Å². The van der Waals surface area contributed by atoms with Crippen LogP contribution in [-0.4, -0.2) is 22.8 Å². The van der Waals surface area contributed by atoms with Gasteiger partial charge in [-0.15, -0.1) is 0 Å². The summed E-state index contributed by atoms with van der Waals surface area (Å²) in [4.78, 5) is 11.0. The second kappa shape index (κ2) is 3.91. The molecule has 1 unspecified atom stereocenters. The van der Waals surface area contributed by atoms with E-state index in [1.165, 1.54) is 0 Å². The molecular formula is C13H16O3. The van der Waals surface area contributed by atoms with E-state index in [-0.39, 0.29) is 12.0 Å². The van der Waals surface area contributed by atoms with E-state index in [9.17, 15) is 9.90 Å². The molecule has 0 heterocycles. The van der Waals surface area contributed by atoms with Crippen LogP contribution in [0.15, 0.2) is 24.3 Å². The highest BCUT2D eigenvalue weighted by Crippen LogP contribution is 2.49. The summed E-state index contributed by atoms with van der Waals surface area (Å²) in [5.74, 6) is -1.33. The third-order valence-electron chi connectivity index (χ3n) is 3.53. The number of aliphatic hydroxyl groups is 1. The van der Waals surface area contributed by atoms with Gasteiger partial charge in [0.15, 0.2) is 0 Å². The van der Waals surface area contributed by atoms with E-state index in [0.29, 0.717) is 0 Å². The average Bonchev–Trinajstić information content (AvgIpc) is 3.09. The van der Waals surface area contributed by atoms with Gasteiger partial charge >= 0.3 is 5.97 Å². The number of rotatable bonds is 4. The second-order valence-electron chi connectivity index (χ2n) is 4.59. The van der Waals surface area contributed by atoms with Gasteiger partial charge in [0.25, 0.3) is 0 Å². The van der Waals surface area contributed by atoms with Crippen LogP contribution >= 0.6 is 0 Å². The van der Waals surface area contributed by atoms with Gasteiger partial charge in [-0.05, 0) is 30.9 Å². The molecule has 1 fully saturated rings. The number of hydrogen-bond acceptors (Lipinski definition) is 2. The lowest BCUT2D eigenvalue weighted by molar-refractivity contribution is -0.138. The number of benzene rings is 1. The molecule has 3 heteroatoms. The van der Waals surface area contributed by atoms with Crippen LogP contribution in [0.3, 0.4) is 0 Å². The summed E-state index contributed by atoms with van der Waals surface area (Å²) in [6, 6.07) is 7.55. The summed E-state index contributed by atoms with van der Waals surface area (Å²) in [5.41, 5.74) is 1.68. The molecule has 1 saturated carbocycles. The van der Waals surface area contributed by atoms with E-state index in [4.69, 9.17) is 5.11 Å². The standard InChI is InChI=1S/C13H16O3/c1-9(12(15)16)10-4-2-3-5-11(10)13(8-14)6-7-13/h2-5,9,14H,6-8H2,1H3,(H,15,16). The molecule has 0 spiro atoms. The summed E-state index contributed by atoms with van der Waals surface area (Å²) < 4.78 is 0. The third kappa shape index (κ3) is 1.71. The Kier molecular flexibility index (Phi) is 2.72. The lowest BCUT2D eigenvalue weighted by Crippen LogP contribution is -2.18. The van der Waals surface area contributed by atoms with Gasteiger partial charge in [0, 0.05) is 5.41 Å². The molecule has 1 atom stereocenters. The first-order valence-corrected chi connectivity index (χ1v) is 5.54. The van der Waals surface area contributed by atoms with Crippen molar-refractivity contribution >= 4 is 5.97 Å². The molecule has 0 radical (unpaired) electrons. The van der Waals surface area contributed by atoms with Gasteiger partial charge in [-0.3, -0.25) is 4.79 Å². The lowest BCUT2D eigenvalue weighted by atomic mass is 9.86. The maximum Gasteiger partial charge on any atom is 0.310 e. The Hall–Kier alpha value is -1.35. The molecule has 3 nitrogen and oxygen atoms in total. The van der Waals surface area contributed by atoms with E-state index < -0.39 is 11.9 Å². The minimum Gasteiger partial charge on any atom is -0.481 e. The van der Waals surface area contributed by atoms with Gasteiger partial charge in [0.2, 0.25) is 0 Å². The Morgan fingerprint density at radius 3 is 2.56 bits per heavy atom. The first-order chi connectivity index (χ1) is 7.60. The zero-order valence-electron chi connectivity index (χ0n) is 9.31. The maximum absolute atomic E-state index is 11.0. The summed E-state index contributed by atoms with van der Waals surface area (Å²) >= 11 is 0. The van der Waals surface area contributed by atoms with E-state index in [1.54, 1.807) is 6.92 Å². The molecule has 0 amide bonds. The first kappa shape index (κ1) is 11.1. The van der Waals surface area contributed by atoms with Crippen LogP contribution in [0, 0.1) is 0 Å². The number of aliphatic hydroxyl groups excluding tert-OH is 1. The Morgan fingerprint density at radius 1 is 1.44 bits per heavy atom. The van der Waals surface area contributed by atoms with Crippen LogP contribution in [0.2, 0.25) is 0 Å². The molecule has 16 heavy (non-hydrogen) atoms. The molecule has 1 aliphatic carbocycles. The van der Waals surface area contributed by atoms with Gasteiger partial charge in [-0.2, -0.15) is 0 Å². The van der Waals surface area contributed by atoms with Gasteiger partial charge in [0.1, 0.15) is 0 Å². The average molecular weight is 220 g/mol. The fraction of sp³-hybridized carbons (Fsp3) is 0.462. The third-order valence-corrected chi connectivity index (χ3v) is 3.53. The molecular weight excluding hydrogens is 204 g/mol. The van der Waals surface area contributed by atoms with E-state index in [1.807, 2.05) is 24.3 Å². The zero-order chi connectivity index (χ0) is 11.8. The Balaban J connectivity index is 2.42.